The predicted octanol–water partition coefficient (Wildman–Crippen LogP) is 4.91. The quantitative estimate of drug-likeness (QED) is 0.448. The minimum absolute atomic E-state index is 0.0450. The van der Waals surface area contributed by atoms with Crippen LogP contribution in [-0.4, -0.2) is 33.1 Å². The monoisotopic (exact) mass is 471 g/mol. The Balaban J connectivity index is 1.33. The molecule has 172 valence electrons. The Labute approximate surface area is 202 Å². The Morgan fingerprint density at radius 2 is 1.71 bits per heavy atom. The van der Waals surface area contributed by atoms with Crippen molar-refractivity contribution in [1.82, 2.24) is 14.8 Å². The molecule has 7 nitrogen and oxygen atoms in total. The summed E-state index contributed by atoms with van der Waals surface area (Å²) in [7, 11) is 0. The van der Waals surface area contributed by atoms with Gasteiger partial charge in [0.25, 0.3) is 0 Å². The maximum absolute atomic E-state index is 13.1. The van der Waals surface area contributed by atoms with Crippen molar-refractivity contribution in [3.63, 3.8) is 0 Å². The highest BCUT2D eigenvalue weighted by Crippen LogP contribution is 2.29. The van der Waals surface area contributed by atoms with Crippen molar-refractivity contribution in [2.75, 3.05) is 16.8 Å². The number of aryl methyl sites for hydroxylation is 3. The molecule has 1 unspecified atom stereocenters. The normalized spacial score (nSPS) is 15.7. The first-order chi connectivity index (χ1) is 16.4. The van der Waals surface area contributed by atoms with Crippen molar-refractivity contribution < 1.29 is 9.59 Å². The zero-order valence-corrected chi connectivity index (χ0v) is 20.1. The minimum Gasteiger partial charge on any atom is -0.312 e. The van der Waals surface area contributed by atoms with Gasteiger partial charge in [0.05, 0.1) is 17.3 Å². The van der Waals surface area contributed by atoms with Crippen LogP contribution in [0.3, 0.4) is 0 Å². The molecule has 5 rings (SSSR count). The van der Waals surface area contributed by atoms with E-state index in [1.54, 1.807) is 9.58 Å². The van der Waals surface area contributed by atoms with Crippen molar-refractivity contribution in [1.29, 1.82) is 0 Å². The zero-order valence-electron chi connectivity index (χ0n) is 19.3. The minimum atomic E-state index is -0.433. The summed E-state index contributed by atoms with van der Waals surface area (Å²) < 4.78 is 1.66. The molecule has 0 bridgehead atoms. The van der Waals surface area contributed by atoms with Crippen LogP contribution in [0.15, 0.2) is 60.0 Å². The van der Waals surface area contributed by atoms with Gasteiger partial charge in [-0.1, -0.05) is 47.5 Å². The first kappa shape index (κ1) is 22.0. The highest BCUT2D eigenvalue weighted by molar-refractivity contribution is 7.12. The highest BCUT2D eigenvalue weighted by atomic mass is 32.1. The topological polar surface area (TPSA) is 80.1 Å². The molecule has 8 heteroatoms. The molecule has 1 aliphatic rings. The Kier molecular flexibility index (Phi) is 5.75. The van der Waals surface area contributed by atoms with E-state index in [0.717, 1.165) is 28.2 Å². The second kappa shape index (κ2) is 8.87. The SMILES string of the molecule is Cc1ccc(-c2csc(-n3nc(C)cc3NC(=O)C3CC(=O)N(c4ccc(C)cc4)C3)n2)cc1. The van der Waals surface area contributed by atoms with E-state index in [0.29, 0.717) is 17.5 Å². The molecule has 1 saturated heterocycles. The van der Waals surface area contributed by atoms with Crippen LogP contribution in [-0.2, 0) is 9.59 Å². The number of aromatic nitrogens is 3. The summed E-state index contributed by atoms with van der Waals surface area (Å²) in [6, 6.07) is 17.8. The van der Waals surface area contributed by atoms with E-state index in [2.05, 4.69) is 29.5 Å². The summed E-state index contributed by atoms with van der Waals surface area (Å²) in [4.78, 5) is 32.1. The Morgan fingerprint density at radius 1 is 1.03 bits per heavy atom. The van der Waals surface area contributed by atoms with E-state index in [-0.39, 0.29) is 18.2 Å². The molecule has 0 aliphatic carbocycles. The summed E-state index contributed by atoms with van der Waals surface area (Å²) in [6.07, 6.45) is 0.182. The van der Waals surface area contributed by atoms with E-state index in [9.17, 15) is 9.59 Å². The number of amides is 2. The fourth-order valence-electron chi connectivity index (χ4n) is 4.04. The summed E-state index contributed by atoms with van der Waals surface area (Å²) in [5, 5.41) is 10.2. The second-order valence-electron chi connectivity index (χ2n) is 8.69. The van der Waals surface area contributed by atoms with Crippen LogP contribution in [0.2, 0.25) is 0 Å². The Bertz CT molecular complexity index is 1350. The molecule has 4 aromatic rings. The fourth-order valence-corrected chi connectivity index (χ4v) is 4.83. The van der Waals surface area contributed by atoms with Gasteiger partial charge >= 0.3 is 0 Å². The molecule has 1 fully saturated rings. The van der Waals surface area contributed by atoms with Gasteiger partial charge in [0.15, 0.2) is 0 Å². The van der Waals surface area contributed by atoms with Crippen molar-refractivity contribution >= 4 is 34.7 Å². The predicted molar refractivity (Wildman–Crippen MR) is 134 cm³/mol. The molecule has 3 heterocycles. The molecule has 2 aromatic heterocycles. The van der Waals surface area contributed by atoms with Gasteiger partial charge < -0.3 is 10.2 Å². The molecular weight excluding hydrogens is 446 g/mol. The number of hydrogen-bond acceptors (Lipinski definition) is 5. The van der Waals surface area contributed by atoms with Gasteiger partial charge in [-0.05, 0) is 32.9 Å². The number of anilines is 2. The van der Waals surface area contributed by atoms with Crippen molar-refractivity contribution in [2.45, 2.75) is 27.2 Å². The first-order valence-electron chi connectivity index (χ1n) is 11.1. The maximum Gasteiger partial charge on any atom is 0.230 e. The van der Waals surface area contributed by atoms with Crippen LogP contribution in [0.25, 0.3) is 16.4 Å². The average molecular weight is 472 g/mol. The Morgan fingerprint density at radius 3 is 2.41 bits per heavy atom. The van der Waals surface area contributed by atoms with Gasteiger partial charge in [0.1, 0.15) is 5.82 Å². The standard InChI is InChI=1S/C26H25N5O2S/c1-16-4-8-19(9-5-16)22-15-34-26(27-22)31-23(12-18(3)29-31)28-25(33)20-13-24(32)30(14-20)21-10-6-17(2)7-11-21/h4-12,15,20H,13-14H2,1-3H3,(H,28,33). The van der Waals surface area contributed by atoms with E-state index in [1.165, 1.54) is 16.9 Å². The molecule has 2 aromatic carbocycles. The van der Waals surface area contributed by atoms with E-state index in [4.69, 9.17) is 4.98 Å². The van der Waals surface area contributed by atoms with E-state index in [1.807, 2.05) is 61.7 Å². The lowest BCUT2D eigenvalue weighted by Crippen LogP contribution is -2.28. The number of rotatable bonds is 5. The largest absolute Gasteiger partial charge is 0.312 e. The third kappa shape index (κ3) is 4.36. The number of carbonyl (C=O) groups excluding carboxylic acids is 2. The molecule has 2 amide bonds. The number of nitrogens with one attached hydrogen (secondary N) is 1. The van der Waals surface area contributed by atoms with Gasteiger partial charge in [-0.25, -0.2) is 4.98 Å². The molecule has 0 saturated carbocycles. The molecule has 1 atom stereocenters. The van der Waals surface area contributed by atoms with Crippen LogP contribution < -0.4 is 10.2 Å². The first-order valence-corrected chi connectivity index (χ1v) is 12.0. The molecular formula is C26H25N5O2S. The van der Waals surface area contributed by atoms with Crippen molar-refractivity contribution in [2.24, 2.45) is 5.92 Å². The summed E-state index contributed by atoms with van der Waals surface area (Å²) in [5.74, 6) is -0.124. The molecule has 1 N–H and O–H groups in total. The van der Waals surface area contributed by atoms with Crippen molar-refractivity contribution in [3.8, 4) is 16.4 Å². The van der Waals surface area contributed by atoms with Crippen LogP contribution in [0.4, 0.5) is 11.5 Å². The maximum atomic E-state index is 13.1. The van der Waals surface area contributed by atoms with E-state index < -0.39 is 5.92 Å². The lowest BCUT2D eigenvalue weighted by molar-refractivity contribution is -0.122. The number of benzene rings is 2. The Hall–Kier alpha value is -3.78. The van der Waals surface area contributed by atoms with Crippen LogP contribution in [0, 0.1) is 26.7 Å². The van der Waals surface area contributed by atoms with E-state index >= 15 is 0 Å². The number of thiazole rings is 1. The third-order valence-corrected chi connectivity index (χ3v) is 6.76. The lowest BCUT2D eigenvalue weighted by Gasteiger charge is -2.17. The zero-order chi connectivity index (χ0) is 23.8. The summed E-state index contributed by atoms with van der Waals surface area (Å²) >= 11 is 1.46. The van der Waals surface area contributed by atoms with Gasteiger partial charge in [-0.2, -0.15) is 9.78 Å². The molecule has 34 heavy (non-hydrogen) atoms. The average Bonchev–Trinajstić information content (AvgIpc) is 3.53. The van der Waals surface area contributed by atoms with Gasteiger partial charge in [0, 0.05) is 35.7 Å². The van der Waals surface area contributed by atoms with Crippen LogP contribution in [0.5, 0.6) is 0 Å². The number of hydrogen-bond donors (Lipinski definition) is 1. The summed E-state index contributed by atoms with van der Waals surface area (Å²) in [6.45, 7) is 6.29. The van der Waals surface area contributed by atoms with Gasteiger partial charge in [0.2, 0.25) is 16.9 Å². The van der Waals surface area contributed by atoms with Gasteiger partial charge in [-0.15, -0.1) is 11.3 Å². The summed E-state index contributed by atoms with van der Waals surface area (Å²) in [5.41, 5.74) is 5.80. The highest BCUT2D eigenvalue weighted by Gasteiger charge is 2.35. The third-order valence-electron chi connectivity index (χ3n) is 5.94. The van der Waals surface area contributed by atoms with Crippen LogP contribution in [0.1, 0.15) is 23.2 Å². The van der Waals surface area contributed by atoms with Gasteiger partial charge in [-0.3, -0.25) is 9.59 Å². The van der Waals surface area contributed by atoms with Crippen molar-refractivity contribution in [3.05, 3.63) is 76.8 Å². The van der Waals surface area contributed by atoms with Crippen LogP contribution >= 0.6 is 11.3 Å². The number of nitrogens with zero attached hydrogens (tertiary/aromatic N) is 4. The second-order valence-corrected chi connectivity index (χ2v) is 9.53. The smallest absolute Gasteiger partial charge is 0.230 e. The fraction of sp³-hybridized carbons (Fsp3) is 0.231. The number of carbonyl (C=O) groups is 2. The molecule has 1 aliphatic heterocycles. The molecule has 0 radical (unpaired) electrons. The lowest BCUT2D eigenvalue weighted by atomic mass is 10.1. The molecule has 0 spiro atoms.